The summed E-state index contributed by atoms with van der Waals surface area (Å²) in [5.74, 6) is 0.966. The minimum Gasteiger partial charge on any atom is -0.368 e. The van der Waals surface area contributed by atoms with Crippen LogP contribution >= 0.6 is 0 Å². The molecule has 0 amide bonds. The first kappa shape index (κ1) is 7.22. The van der Waals surface area contributed by atoms with E-state index in [0.717, 1.165) is 12.4 Å². The molecule has 1 heterocycles. The van der Waals surface area contributed by atoms with Crippen molar-refractivity contribution in [2.45, 2.75) is 6.54 Å². The lowest BCUT2D eigenvalue weighted by atomic mass is 10.1. The SMILES string of the molecule is C=C1NCc2ccccc2N1C. The Hall–Kier alpha value is -1.44. The number of hydrogen-bond donors (Lipinski definition) is 1. The van der Waals surface area contributed by atoms with Gasteiger partial charge in [-0.05, 0) is 11.6 Å². The third-order valence-electron chi connectivity index (χ3n) is 2.24. The van der Waals surface area contributed by atoms with E-state index in [2.05, 4.69) is 35.0 Å². The molecule has 0 atom stereocenters. The molecule has 2 nitrogen and oxygen atoms in total. The average molecular weight is 160 g/mol. The molecular weight excluding hydrogens is 148 g/mol. The highest BCUT2D eigenvalue weighted by molar-refractivity contribution is 5.58. The molecule has 62 valence electrons. The number of nitrogens with one attached hydrogen (secondary N) is 1. The van der Waals surface area contributed by atoms with Crippen molar-refractivity contribution in [2.75, 3.05) is 11.9 Å². The first-order valence-electron chi connectivity index (χ1n) is 4.03. The second-order valence-electron chi connectivity index (χ2n) is 2.99. The van der Waals surface area contributed by atoms with Crippen LogP contribution in [-0.4, -0.2) is 7.05 Å². The van der Waals surface area contributed by atoms with Crippen molar-refractivity contribution in [3.63, 3.8) is 0 Å². The number of fused-ring (bicyclic) bond motifs is 1. The van der Waals surface area contributed by atoms with Crippen LogP contribution in [0.5, 0.6) is 0 Å². The Balaban J connectivity index is 2.48. The lowest BCUT2D eigenvalue weighted by Gasteiger charge is -2.30. The molecule has 0 saturated carbocycles. The van der Waals surface area contributed by atoms with Gasteiger partial charge in [-0.1, -0.05) is 24.8 Å². The normalized spacial score (nSPS) is 15.4. The number of hydrogen-bond acceptors (Lipinski definition) is 2. The molecule has 0 saturated heterocycles. The first-order chi connectivity index (χ1) is 5.79. The van der Waals surface area contributed by atoms with E-state index in [1.165, 1.54) is 11.3 Å². The Labute approximate surface area is 72.5 Å². The molecule has 0 aromatic heterocycles. The average Bonchev–Trinajstić information content (AvgIpc) is 2.12. The smallest absolute Gasteiger partial charge is 0.0984 e. The van der Waals surface area contributed by atoms with Gasteiger partial charge >= 0.3 is 0 Å². The molecule has 0 radical (unpaired) electrons. The molecule has 12 heavy (non-hydrogen) atoms. The van der Waals surface area contributed by atoms with E-state index in [1.807, 2.05) is 13.1 Å². The fourth-order valence-electron chi connectivity index (χ4n) is 1.45. The van der Waals surface area contributed by atoms with Gasteiger partial charge in [0.15, 0.2) is 0 Å². The number of anilines is 1. The lowest BCUT2D eigenvalue weighted by molar-refractivity contribution is 0.742. The van der Waals surface area contributed by atoms with Gasteiger partial charge in [-0.25, -0.2) is 0 Å². The van der Waals surface area contributed by atoms with E-state index in [0.29, 0.717) is 0 Å². The maximum Gasteiger partial charge on any atom is 0.0984 e. The van der Waals surface area contributed by atoms with Gasteiger partial charge in [0.2, 0.25) is 0 Å². The van der Waals surface area contributed by atoms with Crippen LogP contribution in [0.25, 0.3) is 0 Å². The second kappa shape index (κ2) is 2.55. The monoisotopic (exact) mass is 160 g/mol. The van der Waals surface area contributed by atoms with Gasteiger partial charge in [0.1, 0.15) is 0 Å². The number of rotatable bonds is 0. The zero-order chi connectivity index (χ0) is 8.55. The van der Waals surface area contributed by atoms with Crippen LogP contribution in [0.15, 0.2) is 36.7 Å². The van der Waals surface area contributed by atoms with Crippen LogP contribution in [0.3, 0.4) is 0 Å². The molecule has 0 spiro atoms. The Morgan fingerprint density at radius 3 is 3.00 bits per heavy atom. The molecule has 1 aliphatic heterocycles. The third-order valence-corrected chi connectivity index (χ3v) is 2.24. The second-order valence-corrected chi connectivity index (χ2v) is 2.99. The van der Waals surface area contributed by atoms with E-state index >= 15 is 0 Å². The maximum atomic E-state index is 3.91. The zero-order valence-corrected chi connectivity index (χ0v) is 7.17. The van der Waals surface area contributed by atoms with Crippen LogP contribution < -0.4 is 10.2 Å². The van der Waals surface area contributed by atoms with Crippen LogP contribution in [0, 0.1) is 0 Å². The molecule has 0 bridgehead atoms. The topological polar surface area (TPSA) is 15.3 Å². The largest absolute Gasteiger partial charge is 0.368 e. The third kappa shape index (κ3) is 0.961. The van der Waals surface area contributed by atoms with Gasteiger partial charge in [-0.15, -0.1) is 0 Å². The highest BCUT2D eigenvalue weighted by Gasteiger charge is 2.14. The summed E-state index contributed by atoms with van der Waals surface area (Å²) < 4.78 is 0. The highest BCUT2D eigenvalue weighted by atomic mass is 15.2. The van der Waals surface area contributed by atoms with Crippen LogP contribution in [0.4, 0.5) is 5.69 Å². The standard InChI is InChI=1S/C10H12N2/c1-8-11-7-9-5-3-4-6-10(9)12(8)2/h3-6,11H,1,7H2,2H3. The predicted octanol–water partition coefficient (Wildman–Crippen LogP) is 1.70. The quantitative estimate of drug-likeness (QED) is 0.621. The van der Waals surface area contributed by atoms with Gasteiger partial charge in [-0.2, -0.15) is 0 Å². The Kier molecular flexibility index (Phi) is 1.54. The van der Waals surface area contributed by atoms with Gasteiger partial charge in [0.25, 0.3) is 0 Å². The van der Waals surface area contributed by atoms with Crippen molar-refractivity contribution in [3.05, 3.63) is 42.2 Å². The van der Waals surface area contributed by atoms with Crippen LogP contribution in [-0.2, 0) is 6.54 Å². The van der Waals surface area contributed by atoms with Crippen molar-refractivity contribution >= 4 is 5.69 Å². The molecule has 1 aromatic carbocycles. The molecule has 1 N–H and O–H groups in total. The highest BCUT2D eigenvalue weighted by Crippen LogP contribution is 2.24. The summed E-state index contributed by atoms with van der Waals surface area (Å²) in [5, 5.41) is 3.22. The van der Waals surface area contributed by atoms with Gasteiger partial charge in [0, 0.05) is 19.3 Å². The molecule has 1 aliphatic rings. The van der Waals surface area contributed by atoms with Gasteiger partial charge in [-0.3, -0.25) is 0 Å². The van der Waals surface area contributed by atoms with E-state index < -0.39 is 0 Å². The fraction of sp³-hybridized carbons (Fsp3) is 0.200. The fourth-order valence-corrected chi connectivity index (χ4v) is 1.45. The molecule has 0 aliphatic carbocycles. The van der Waals surface area contributed by atoms with Crippen molar-refractivity contribution in [1.29, 1.82) is 0 Å². The minimum atomic E-state index is 0.888. The molecule has 1 aromatic rings. The summed E-state index contributed by atoms with van der Waals surface area (Å²) in [4.78, 5) is 2.07. The number of nitrogens with zero attached hydrogens (tertiary/aromatic N) is 1. The Morgan fingerprint density at radius 1 is 1.42 bits per heavy atom. The number of benzene rings is 1. The summed E-state index contributed by atoms with van der Waals surface area (Å²) in [5.41, 5.74) is 2.58. The maximum absolute atomic E-state index is 3.91. The summed E-state index contributed by atoms with van der Waals surface area (Å²) >= 11 is 0. The van der Waals surface area contributed by atoms with Crippen LogP contribution in [0.2, 0.25) is 0 Å². The van der Waals surface area contributed by atoms with Gasteiger partial charge < -0.3 is 10.2 Å². The summed E-state index contributed by atoms with van der Waals surface area (Å²) in [6.07, 6.45) is 0. The molecular formula is C10H12N2. The minimum absolute atomic E-state index is 0.888. The van der Waals surface area contributed by atoms with Crippen molar-refractivity contribution in [3.8, 4) is 0 Å². The van der Waals surface area contributed by atoms with Gasteiger partial charge in [0.05, 0.1) is 5.82 Å². The molecule has 2 rings (SSSR count). The summed E-state index contributed by atoms with van der Waals surface area (Å²) in [6.45, 7) is 4.80. The van der Waals surface area contributed by atoms with E-state index in [9.17, 15) is 0 Å². The van der Waals surface area contributed by atoms with E-state index in [1.54, 1.807) is 0 Å². The summed E-state index contributed by atoms with van der Waals surface area (Å²) in [7, 11) is 2.02. The predicted molar refractivity (Wildman–Crippen MR) is 50.8 cm³/mol. The van der Waals surface area contributed by atoms with Crippen LogP contribution in [0.1, 0.15) is 5.56 Å². The zero-order valence-electron chi connectivity index (χ0n) is 7.17. The van der Waals surface area contributed by atoms with E-state index in [4.69, 9.17) is 0 Å². The summed E-state index contributed by atoms with van der Waals surface area (Å²) in [6, 6.07) is 8.35. The van der Waals surface area contributed by atoms with Crippen molar-refractivity contribution in [1.82, 2.24) is 5.32 Å². The molecule has 0 fully saturated rings. The van der Waals surface area contributed by atoms with E-state index in [-0.39, 0.29) is 0 Å². The Morgan fingerprint density at radius 2 is 2.17 bits per heavy atom. The lowest BCUT2D eigenvalue weighted by Crippen LogP contribution is -2.32. The first-order valence-corrected chi connectivity index (χ1v) is 4.03. The molecule has 0 unspecified atom stereocenters. The Bertz CT molecular complexity index is 317. The molecule has 2 heteroatoms. The van der Waals surface area contributed by atoms with Crippen molar-refractivity contribution < 1.29 is 0 Å². The van der Waals surface area contributed by atoms with Crippen molar-refractivity contribution in [2.24, 2.45) is 0 Å². The number of para-hydroxylation sites is 1.